The molecule has 11 nitrogen and oxygen atoms in total. The summed E-state index contributed by atoms with van der Waals surface area (Å²) in [5.41, 5.74) is -1.66. The van der Waals surface area contributed by atoms with Crippen molar-refractivity contribution in [3.63, 3.8) is 0 Å². The molecule has 0 saturated carbocycles. The third-order valence-corrected chi connectivity index (χ3v) is 6.99. The Morgan fingerprint density at radius 1 is 1.05 bits per heavy atom. The van der Waals surface area contributed by atoms with Crippen LogP contribution in [0.25, 0.3) is 0 Å². The van der Waals surface area contributed by atoms with Crippen molar-refractivity contribution in [3.8, 4) is 0 Å². The van der Waals surface area contributed by atoms with Gasteiger partial charge in [0.25, 0.3) is 0 Å². The van der Waals surface area contributed by atoms with E-state index in [9.17, 15) is 33.9 Å². The van der Waals surface area contributed by atoms with E-state index in [0.717, 1.165) is 0 Å². The van der Waals surface area contributed by atoms with E-state index < -0.39 is 59.7 Å². The van der Waals surface area contributed by atoms with Crippen LogP contribution in [0.2, 0.25) is 0 Å². The molecular formula is C26H41NO10. The standard InChI is InChI=1S/C26H41NO10/c1-7-17(5)37-24(33)21(18(8-2)27-12-10-11-19(27)29)22(23(31)32)26(6,9-3)25(34)36-14-13-35-20(30)15-16(4)28/h17-18,21-22H,7-15H2,1-6H3,(H,31,32). The van der Waals surface area contributed by atoms with Gasteiger partial charge in [-0.1, -0.05) is 20.8 Å². The van der Waals surface area contributed by atoms with E-state index in [-0.39, 0.29) is 37.7 Å². The number of hydrogen-bond acceptors (Lipinski definition) is 9. The zero-order chi connectivity index (χ0) is 28.3. The van der Waals surface area contributed by atoms with Crippen molar-refractivity contribution in [2.45, 2.75) is 92.2 Å². The number of carboxylic acid groups (broad SMARTS) is 1. The highest BCUT2D eigenvalue weighted by atomic mass is 16.6. The van der Waals surface area contributed by atoms with Gasteiger partial charge in [0.2, 0.25) is 5.91 Å². The van der Waals surface area contributed by atoms with Gasteiger partial charge in [0.05, 0.1) is 23.4 Å². The molecule has 0 bridgehead atoms. The number of aliphatic carboxylic acids is 1. The van der Waals surface area contributed by atoms with E-state index in [1.54, 1.807) is 20.8 Å². The molecule has 0 aliphatic carbocycles. The first kappa shape index (κ1) is 32.0. The summed E-state index contributed by atoms with van der Waals surface area (Å²) in [7, 11) is 0. The number of likely N-dealkylation sites (tertiary alicyclic amines) is 1. The van der Waals surface area contributed by atoms with Crippen molar-refractivity contribution in [2.75, 3.05) is 19.8 Å². The first-order valence-corrected chi connectivity index (χ1v) is 12.9. The molecule has 1 amide bonds. The van der Waals surface area contributed by atoms with Gasteiger partial charge in [-0.2, -0.15) is 0 Å². The second-order valence-electron chi connectivity index (χ2n) is 9.67. The van der Waals surface area contributed by atoms with E-state index in [0.29, 0.717) is 25.8 Å². The summed E-state index contributed by atoms with van der Waals surface area (Å²) >= 11 is 0. The molecule has 37 heavy (non-hydrogen) atoms. The second kappa shape index (κ2) is 14.7. The number of carboxylic acids is 1. The minimum Gasteiger partial charge on any atom is -0.481 e. The Bertz CT molecular complexity index is 856. The zero-order valence-corrected chi connectivity index (χ0v) is 22.7. The Balaban J connectivity index is 3.30. The molecule has 0 aromatic rings. The van der Waals surface area contributed by atoms with Gasteiger partial charge in [-0.25, -0.2) is 0 Å². The third kappa shape index (κ3) is 8.53. The van der Waals surface area contributed by atoms with Crippen LogP contribution in [0.4, 0.5) is 0 Å². The Morgan fingerprint density at radius 2 is 1.68 bits per heavy atom. The summed E-state index contributed by atoms with van der Waals surface area (Å²) in [4.78, 5) is 76.1. The number of amides is 1. The molecule has 0 aromatic heterocycles. The minimum absolute atomic E-state index is 0.0183. The number of esters is 3. The number of nitrogens with zero attached hydrogens (tertiary/aromatic N) is 1. The minimum atomic E-state index is -1.66. The van der Waals surface area contributed by atoms with Gasteiger partial charge in [-0.15, -0.1) is 0 Å². The topological polar surface area (TPSA) is 154 Å². The molecule has 1 saturated heterocycles. The van der Waals surface area contributed by atoms with Crippen LogP contribution in [0.1, 0.15) is 80.1 Å². The first-order chi connectivity index (χ1) is 17.3. The van der Waals surface area contributed by atoms with Crippen LogP contribution in [0.3, 0.4) is 0 Å². The van der Waals surface area contributed by atoms with E-state index in [1.807, 2.05) is 6.92 Å². The number of ketones is 1. The fourth-order valence-corrected chi connectivity index (χ4v) is 4.59. The molecular weight excluding hydrogens is 486 g/mol. The number of Topliss-reactive ketones (excluding diaryl/α,β-unsaturated/α-hetero) is 1. The Labute approximate surface area is 218 Å². The molecule has 5 unspecified atom stereocenters. The van der Waals surface area contributed by atoms with Crippen LogP contribution in [-0.2, 0) is 43.0 Å². The summed E-state index contributed by atoms with van der Waals surface area (Å²) in [6, 6.07) is -0.779. The van der Waals surface area contributed by atoms with Crippen LogP contribution in [0.5, 0.6) is 0 Å². The molecule has 1 fully saturated rings. The maximum absolute atomic E-state index is 13.5. The Morgan fingerprint density at radius 3 is 2.14 bits per heavy atom. The lowest BCUT2D eigenvalue weighted by molar-refractivity contribution is -0.180. The predicted molar refractivity (Wildman–Crippen MR) is 131 cm³/mol. The van der Waals surface area contributed by atoms with E-state index in [2.05, 4.69) is 0 Å². The van der Waals surface area contributed by atoms with Gasteiger partial charge in [0.15, 0.2) is 0 Å². The molecule has 1 rings (SSSR count). The van der Waals surface area contributed by atoms with Crippen LogP contribution in [-0.4, -0.2) is 77.5 Å². The van der Waals surface area contributed by atoms with Crippen molar-refractivity contribution >= 4 is 35.6 Å². The average Bonchev–Trinajstić information content (AvgIpc) is 3.25. The van der Waals surface area contributed by atoms with Crippen molar-refractivity contribution in [2.24, 2.45) is 17.3 Å². The Hall–Kier alpha value is -2.98. The van der Waals surface area contributed by atoms with Crippen molar-refractivity contribution in [3.05, 3.63) is 0 Å². The van der Waals surface area contributed by atoms with Gasteiger partial charge >= 0.3 is 23.9 Å². The van der Waals surface area contributed by atoms with Gasteiger partial charge < -0.3 is 24.2 Å². The highest BCUT2D eigenvalue weighted by Gasteiger charge is 2.55. The third-order valence-electron chi connectivity index (χ3n) is 6.99. The van der Waals surface area contributed by atoms with Crippen LogP contribution >= 0.6 is 0 Å². The predicted octanol–water partition coefficient (Wildman–Crippen LogP) is 2.53. The highest BCUT2D eigenvalue weighted by Crippen LogP contribution is 2.42. The number of carbonyl (C=O) groups excluding carboxylic acids is 5. The molecule has 1 heterocycles. The molecule has 11 heteroatoms. The summed E-state index contributed by atoms with van der Waals surface area (Å²) in [6.45, 7) is 9.25. The SMILES string of the molecule is CCC(C)OC(=O)C(C(CC)N1CCCC1=O)C(C(=O)O)C(C)(CC)C(=O)OCCOC(=O)CC(C)=O. The maximum Gasteiger partial charge on any atom is 0.313 e. The normalized spacial score (nSPS) is 18.2. The van der Waals surface area contributed by atoms with Crippen molar-refractivity contribution < 1.29 is 48.1 Å². The number of rotatable bonds is 16. The van der Waals surface area contributed by atoms with Gasteiger partial charge in [0, 0.05) is 19.0 Å². The van der Waals surface area contributed by atoms with E-state index in [4.69, 9.17) is 14.2 Å². The van der Waals surface area contributed by atoms with Gasteiger partial charge in [-0.3, -0.25) is 28.8 Å². The van der Waals surface area contributed by atoms with Gasteiger partial charge in [-0.05, 0) is 46.5 Å². The monoisotopic (exact) mass is 527 g/mol. The fraction of sp³-hybridized carbons (Fsp3) is 0.769. The quantitative estimate of drug-likeness (QED) is 0.137. The smallest absolute Gasteiger partial charge is 0.313 e. The highest BCUT2D eigenvalue weighted by molar-refractivity contribution is 5.94. The van der Waals surface area contributed by atoms with Crippen LogP contribution < -0.4 is 0 Å². The number of ether oxygens (including phenoxy) is 3. The zero-order valence-electron chi connectivity index (χ0n) is 22.7. The lowest BCUT2D eigenvalue weighted by atomic mass is 9.66. The fourth-order valence-electron chi connectivity index (χ4n) is 4.59. The molecule has 1 N–H and O–H groups in total. The van der Waals surface area contributed by atoms with Crippen LogP contribution in [0.15, 0.2) is 0 Å². The maximum atomic E-state index is 13.5. The van der Waals surface area contributed by atoms with E-state index >= 15 is 0 Å². The van der Waals surface area contributed by atoms with Crippen molar-refractivity contribution in [1.29, 1.82) is 0 Å². The molecule has 1 aliphatic rings. The molecule has 210 valence electrons. The second-order valence-corrected chi connectivity index (χ2v) is 9.67. The lowest BCUT2D eigenvalue weighted by Gasteiger charge is -2.41. The summed E-state index contributed by atoms with van der Waals surface area (Å²) in [5, 5.41) is 10.4. The molecule has 0 spiro atoms. The summed E-state index contributed by atoms with van der Waals surface area (Å²) < 4.78 is 15.7. The number of hydrogen-bond donors (Lipinski definition) is 1. The molecule has 0 aromatic carbocycles. The van der Waals surface area contributed by atoms with Crippen LogP contribution in [0, 0.1) is 17.3 Å². The molecule has 1 aliphatic heterocycles. The largest absolute Gasteiger partial charge is 0.481 e. The first-order valence-electron chi connectivity index (χ1n) is 12.9. The van der Waals surface area contributed by atoms with Crippen molar-refractivity contribution in [1.82, 2.24) is 4.90 Å². The number of carbonyl (C=O) groups is 6. The summed E-state index contributed by atoms with van der Waals surface area (Å²) in [6.07, 6.45) is 0.814. The molecule has 5 atom stereocenters. The Kier molecular flexibility index (Phi) is 12.7. The average molecular weight is 528 g/mol. The lowest BCUT2D eigenvalue weighted by Crippen LogP contribution is -2.55. The summed E-state index contributed by atoms with van der Waals surface area (Å²) in [5.74, 6) is -7.23. The van der Waals surface area contributed by atoms with E-state index in [1.165, 1.54) is 18.7 Å². The van der Waals surface area contributed by atoms with Gasteiger partial charge in [0.1, 0.15) is 25.4 Å². The molecule has 0 radical (unpaired) electrons.